The molecule has 0 bridgehead atoms. The molecule has 0 saturated heterocycles. The van der Waals surface area contributed by atoms with E-state index >= 15 is 0 Å². The van der Waals surface area contributed by atoms with Gasteiger partial charge in [0.25, 0.3) is 5.91 Å². The number of hydrogen-bond acceptors (Lipinski definition) is 3. The highest BCUT2D eigenvalue weighted by atomic mass is 19.1. The van der Waals surface area contributed by atoms with Crippen LogP contribution in [0.1, 0.15) is 21.5 Å². The van der Waals surface area contributed by atoms with Crippen LogP contribution in [-0.4, -0.2) is 16.7 Å². The Morgan fingerprint density at radius 2 is 1.65 bits per heavy atom. The van der Waals surface area contributed by atoms with Crippen molar-refractivity contribution in [2.24, 2.45) is 5.10 Å². The Hall–Kier alpha value is -4.19. The van der Waals surface area contributed by atoms with Crippen molar-refractivity contribution in [3.05, 3.63) is 120 Å². The molecule has 0 unspecified atom stereocenters. The first kappa shape index (κ1) is 20.1. The maximum Gasteiger partial charge on any atom is 0.273 e. The lowest BCUT2D eigenvalue weighted by atomic mass is 10.1. The summed E-state index contributed by atoms with van der Waals surface area (Å²) in [5.41, 5.74) is 5.14. The summed E-state index contributed by atoms with van der Waals surface area (Å²) >= 11 is 0. The van der Waals surface area contributed by atoms with Crippen LogP contribution in [0.25, 0.3) is 5.69 Å². The largest absolute Gasteiger partial charge is 0.489 e. The van der Waals surface area contributed by atoms with Crippen molar-refractivity contribution in [1.29, 1.82) is 0 Å². The quantitative estimate of drug-likeness (QED) is 0.344. The van der Waals surface area contributed by atoms with Crippen molar-refractivity contribution < 1.29 is 13.9 Å². The second-order valence-corrected chi connectivity index (χ2v) is 6.76. The number of hydrazone groups is 1. The molecule has 154 valence electrons. The minimum atomic E-state index is -0.301. The van der Waals surface area contributed by atoms with Gasteiger partial charge in [-0.15, -0.1) is 0 Å². The molecular weight excluding hydrogens is 393 g/mol. The van der Waals surface area contributed by atoms with E-state index in [9.17, 15) is 9.18 Å². The zero-order valence-corrected chi connectivity index (χ0v) is 16.6. The molecule has 0 aliphatic carbocycles. The first-order valence-electron chi connectivity index (χ1n) is 9.73. The Kier molecular flexibility index (Phi) is 6.18. The average molecular weight is 413 g/mol. The molecule has 0 aliphatic heterocycles. The minimum absolute atomic E-state index is 0.150. The van der Waals surface area contributed by atoms with Gasteiger partial charge in [-0.25, -0.2) is 9.82 Å². The number of ether oxygens (including phenoxy) is 1. The van der Waals surface area contributed by atoms with Gasteiger partial charge in [0.15, 0.2) is 0 Å². The fourth-order valence-corrected chi connectivity index (χ4v) is 3.04. The number of aromatic nitrogens is 1. The van der Waals surface area contributed by atoms with E-state index in [4.69, 9.17) is 4.74 Å². The number of nitrogens with one attached hydrogen (secondary N) is 1. The van der Waals surface area contributed by atoms with Gasteiger partial charge in [-0.1, -0.05) is 30.3 Å². The van der Waals surface area contributed by atoms with Gasteiger partial charge in [0.1, 0.15) is 18.2 Å². The number of rotatable bonds is 7. The fraction of sp³-hybridized carbons (Fsp3) is 0.0400. The van der Waals surface area contributed by atoms with Gasteiger partial charge < -0.3 is 9.30 Å². The Labute approximate surface area is 179 Å². The molecule has 31 heavy (non-hydrogen) atoms. The van der Waals surface area contributed by atoms with Crippen LogP contribution in [0.4, 0.5) is 4.39 Å². The highest BCUT2D eigenvalue weighted by Gasteiger charge is 2.11. The normalized spacial score (nSPS) is 10.9. The third-order valence-electron chi connectivity index (χ3n) is 4.64. The molecule has 4 aromatic rings. The second-order valence-electron chi connectivity index (χ2n) is 6.76. The summed E-state index contributed by atoms with van der Waals surface area (Å²) in [5, 5.41) is 4.05. The van der Waals surface area contributed by atoms with E-state index in [1.807, 2.05) is 47.3 Å². The Bertz CT molecular complexity index is 1190. The Balaban J connectivity index is 1.35. The van der Waals surface area contributed by atoms with Gasteiger partial charge in [-0.2, -0.15) is 5.10 Å². The van der Waals surface area contributed by atoms with Crippen molar-refractivity contribution in [2.75, 3.05) is 0 Å². The molecule has 0 spiro atoms. The topological polar surface area (TPSA) is 55.6 Å². The lowest BCUT2D eigenvalue weighted by Gasteiger charge is -2.09. The molecule has 5 nitrogen and oxygen atoms in total. The molecule has 1 aromatic heterocycles. The van der Waals surface area contributed by atoms with Gasteiger partial charge in [-0.3, -0.25) is 4.79 Å². The Morgan fingerprint density at radius 1 is 0.935 bits per heavy atom. The molecule has 6 heteroatoms. The van der Waals surface area contributed by atoms with Crippen molar-refractivity contribution in [1.82, 2.24) is 9.99 Å². The summed E-state index contributed by atoms with van der Waals surface area (Å²) in [6.45, 7) is 0.150. The number of carbonyl (C=O) groups is 1. The number of hydrogen-bond donors (Lipinski definition) is 1. The molecule has 3 aromatic carbocycles. The van der Waals surface area contributed by atoms with Crippen LogP contribution >= 0.6 is 0 Å². The summed E-state index contributed by atoms with van der Waals surface area (Å²) < 4.78 is 21.1. The maximum atomic E-state index is 13.7. The van der Waals surface area contributed by atoms with Gasteiger partial charge >= 0.3 is 0 Å². The summed E-state index contributed by atoms with van der Waals surface area (Å²) in [7, 11) is 0. The molecule has 0 radical (unpaired) electrons. The van der Waals surface area contributed by atoms with E-state index in [-0.39, 0.29) is 18.3 Å². The standard InChI is InChI=1S/C25H20FN3O2/c26-23-9-3-1-7-20(23)18-31-21-13-11-19(12-14-21)17-27-28-25(30)22-8-2-4-10-24(22)29-15-5-6-16-29/h1-17H,18H2,(H,28,30)/b27-17-. The predicted molar refractivity (Wildman–Crippen MR) is 118 cm³/mol. The Morgan fingerprint density at radius 3 is 2.42 bits per heavy atom. The molecule has 0 aliphatic rings. The first-order valence-corrected chi connectivity index (χ1v) is 9.73. The van der Waals surface area contributed by atoms with Gasteiger partial charge in [0.2, 0.25) is 0 Å². The summed E-state index contributed by atoms with van der Waals surface area (Å²) in [6, 6.07) is 24.8. The highest BCUT2D eigenvalue weighted by molar-refractivity contribution is 5.98. The van der Waals surface area contributed by atoms with Crippen LogP contribution in [0, 0.1) is 5.82 Å². The molecule has 0 saturated carbocycles. The first-order chi connectivity index (χ1) is 15.2. The van der Waals surface area contributed by atoms with E-state index in [0.717, 1.165) is 11.3 Å². The smallest absolute Gasteiger partial charge is 0.273 e. The van der Waals surface area contributed by atoms with E-state index in [1.54, 1.807) is 54.7 Å². The van der Waals surface area contributed by atoms with E-state index < -0.39 is 0 Å². The third kappa shape index (κ3) is 5.05. The average Bonchev–Trinajstić information content (AvgIpc) is 3.34. The van der Waals surface area contributed by atoms with E-state index in [0.29, 0.717) is 16.9 Å². The minimum Gasteiger partial charge on any atom is -0.489 e. The number of halogens is 1. The fourth-order valence-electron chi connectivity index (χ4n) is 3.04. The van der Waals surface area contributed by atoms with Gasteiger partial charge in [0, 0.05) is 18.0 Å². The zero-order valence-electron chi connectivity index (χ0n) is 16.6. The van der Waals surface area contributed by atoms with Crippen molar-refractivity contribution in [3.63, 3.8) is 0 Å². The lowest BCUT2D eigenvalue weighted by Crippen LogP contribution is -2.19. The predicted octanol–water partition coefficient (Wildman–Crippen LogP) is 4.96. The zero-order chi connectivity index (χ0) is 21.5. The number of para-hydroxylation sites is 1. The third-order valence-corrected chi connectivity index (χ3v) is 4.64. The lowest BCUT2D eigenvalue weighted by molar-refractivity contribution is 0.0955. The maximum absolute atomic E-state index is 13.7. The molecule has 1 N–H and O–H groups in total. The number of amides is 1. The molecule has 0 atom stereocenters. The summed E-state index contributed by atoms with van der Waals surface area (Å²) in [4.78, 5) is 12.6. The SMILES string of the molecule is O=C(N/N=C\c1ccc(OCc2ccccc2F)cc1)c1ccccc1-n1cccc1. The van der Waals surface area contributed by atoms with Crippen LogP contribution in [0.3, 0.4) is 0 Å². The summed E-state index contributed by atoms with van der Waals surface area (Å²) in [5.74, 6) is 0.0239. The number of benzene rings is 3. The van der Waals surface area contributed by atoms with Crippen LogP contribution < -0.4 is 10.2 Å². The van der Waals surface area contributed by atoms with E-state index in [1.165, 1.54) is 6.07 Å². The van der Waals surface area contributed by atoms with Crippen LogP contribution in [0.5, 0.6) is 5.75 Å². The van der Waals surface area contributed by atoms with E-state index in [2.05, 4.69) is 10.5 Å². The van der Waals surface area contributed by atoms with Gasteiger partial charge in [-0.05, 0) is 60.2 Å². The van der Waals surface area contributed by atoms with Crippen LogP contribution in [0.2, 0.25) is 0 Å². The molecular formula is C25H20FN3O2. The molecule has 0 fully saturated rings. The summed E-state index contributed by atoms with van der Waals surface area (Å²) in [6.07, 6.45) is 5.31. The van der Waals surface area contributed by atoms with Crippen molar-refractivity contribution in [3.8, 4) is 11.4 Å². The highest BCUT2D eigenvalue weighted by Crippen LogP contribution is 2.16. The van der Waals surface area contributed by atoms with Gasteiger partial charge in [0.05, 0.1) is 17.5 Å². The van der Waals surface area contributed by atoms with Crippen molar-refractivity contribution in [2.45, 2.75) is 6.61 Å². The number of nitrogens with zero attached hydrogens (tertiary/aromatic N) is 2. The van der Waals surface area contributed by atoms with Crippen LogP contribution in [-0.2, 0) is 6.61 Å². The van der Waals surface area contributed by atoms with Crippen molar-refractivity contribution >= 4 is 12.1 Å². The second kappa shape index (κ2) is 9.54. The molecule has 1 amide bonds. The molecule has 1 heterocycles. The van der Waals surface area contributed by atoms with Crippen LogP contribution in [0.15, 0.2) is 102 Å². The molecule has 4 rings (SSSR count). The number of carbonyl (C=O) groups excluding carboxylic acids is 1. The monoisotopic (exact) mass is 413 g/mol.